The molecule has 0 atom stereocenters. The average Bonchev–Trinajstić information content (AvgIpc) is 3.47. The van der Waals surface area contributed by atoms with Crippen molar-refractivity contribution in [1.82, 2.24) is 19.5 Å². The first-order valence-electron chi connectivity index (χ1n) is 11.1. The Balaban J connectivity index is 1.20. The molecule has 6 rings (SSSR count). The molecule has 1 amide bonds. The van der Waals surface area contributed by atoms with Crippen LogP contribution >= 0.6 is 0 Å². The van der Waals surface area contributed by atoms with E-state index >= 15 is 0 Å². The van der Waals surface area contributed by atoms with Crippen LogP contribution in [0.25, 0.3) is 17.0 Å². The van der Waals surface area contributed by atoms with E-state index in [1.54, 1.807) is 10.6 Å². The first kappa shape index (κ1) is 20.1. The molecular formula is C24H23N5O4. The van der Waals surface area contributed by atoms with Crippen molar-refractivity contribution in [3.05, 3.63) is 65.9 Å². The van der Waals surface area contributed by atoms with Gasteiger partial charge in [0.15, 0.2) is 5.79 Å². The Hall–Kier alpha value is -3.56. The SMILES string of the molecule is Cc1ccc(-c2noc(C3CC4(C3)OCCCO4)n2)cc1NC(=O)c1cnc2ccccn12. The van der Waals surface area contributed by atoms with Crippen LogP contribution in [0.3, 0.4) is 0 Å². The summed E-state index contributed by atoms with van der Waals surface area (Å²) in [6.07, 6.45) is 5.77. The van der Waals surface area contributed by atoms with E-state index in [9.17, 15) is 4.79 Å². The second kappa shape index (κ2) is 7.79. The summed E-state index contributed by atoms with van der Waals surface area (Å²) in [7, 11) is 0. The van der Waals surface area contributed by atoms with Crippen LogP contribution in [-0.2, 0) is 9.47 Å². The number of carbonyl (C=O) groups is 1. The molecule has 1 saturated carbocycles. The first-order chi connectivity index (χ1) is 16.1. The zero-order chi connectivity index (χ0) is 22.4. The fourth-order valence-corrected chi connectivity index (χ4v) is 4.42. The molecular weight excluding hydrogens is 422 g/mol. The van der Waals surface area contributed by atoms with Crippen molar-refractivity contribution in [2.75, 3.05) is 18.5 Å². The van der Waals surface area contributed by atoms with E-state index in [0.29, 0.717) is 28.7 Å². The van der Waals surface area contributed by atoms with Gasteiger partial charge in [0.05, 0.1) is 19.4 Å². The number of carbonyl (C=O) groups excluding carboxylic acids is 1. The molecule has 0 radical (unpaired) electrons. The highest BCUT2D eigenvalue weighted by molar-refractivity contribution is 6.04. The van der Waals surface area contributed by atoms with Crippen molar-refractivity contribution in [3.8, 4) is 11.4 Å². The minimum absolute atomic E-state index is 0.129. The fraction of sp³-hybridized carbons (Fsp3) is 0.333. The number of aromatic nitrogens is 4. The summed E-state index contributed by atoms with van der Waals surface area (Å²) in [5, 5.41) is 7.16. The molecule has 33 heavy (non-hydrogen) atoms. The Morgan fingerprint density at radius 3 is 2.88 bits per heavy atom. The normalized spacial score (nSPS) is 17.8. The quantitative estimate of drug-likeness (QED) is 0.507. The Bertz CT molecular complexity index is 1330. The lowest BCUT2D eigenvalue weighted by atomic mass is 9.78. The Morgan fingerprint density at radius 1 is 1.18 bits per heavy atom. The molecule has 1 aliphatic carbocycles. The van der Waals surface area contributed by atoms with E-state index in [4.69, 9.17) is 14.0 Å². The van der Waals surface area contributed by atoms with Gasteiger partial charge in [0, 0.05) is 36.2 Å². The van der Waals surface area contributed by atoms with Gasteiger partial charge in [-0.15, -0.1) is 0 Å². The van der Waals surface area contributed by atoms with Crippen LogP contribution in [0.2, 0.25) is 0 Å². The minimum atomic E-state index is -0.475. The molecule has 4 aromatic rings. The van der Waals surface area contributed by atoms with Gasteiger partial charge in [0.1, 0.15) is 11.3 Å². The minimum Gasteiger partial charge on any atom is -0.350 e. The summed E-state index contributed by atoms with van der Waals surface area (Å²) in [6, 6.07) is 11.3. The summed E-state index contributed by atoms with van der Waals surface area (Å²) in [5.41, 5.74) is 3.55. The Labute approximate surface area is 189 Å². The number of ether oxygens (including phenoxy) is 2. The summed E-state index contributed by atoms with van der Waals surface area (Å²) >= 11 is 0. The predicted molar refractivity (Wildman–Crippen MR) is 119 cm³/mol. The number of anilines is 1. The predicted octanol–water partition coefficient (Wildman–Crippen LogP) is 3.96. The van der Waals surface area contributed by atoms with Crippen LogP contribution in [0, 0.1) is 6.92 Å². The van der Waals surface area contributed by atoms with Gasteiger partial charge in [-0.2, -0.15) is 4.98 Å². The van der Waals surface area contributed by atoms with Gasteiger partial charge in [-0.25, -0.2) is 4.98 Å². The molecule has 0 unspecified atom stereocenters. The lowest BCUT2D eigenvalue weighted by Gasteiger charge is -2.47. The maximum absolute atomic E-state index is 12.9. The van der Waals surface area contributed by atoms with E-state index in [2.05, 4.69) is 20.4 Å². The van der Waals surface area contributed by atoms with E-state index < -0.39 is 5.79 Å². The molecule has 2 fully saturated rings. The molecule has 4 heterocycles. The second-order valence-corrected chi connectivity index (χ2v) is 8.58. The van der Waals surface area contributed by atoms with Gasteiger partial charge in [0.2, 0.25) is 11.7 Å². The topological polar surface area (TPSA) is 104 Å². The highest BCUT2D eigenvalue weighted by atomic mass is 16.7. The van der Waals surface area contributed by atoms with Crippen LogP contribution in [0.4, 0.5) is 5.69 Å². The van der Waals surface area contributed by atoms with Gasteiger partial charge in [-0.05, 0) is 37.1 Å². The van der Waals surface area contributed by atoms with Crippen LogP contribution < -0.4 is 5.32 Å². The zero-order valence-corrected chi connectivity index (χ0v) is 18.2. The van der Waals surface area contributed by atoms with E-state index in [1.807, 2.05) is 49.5 Å². The van der Waals surface area contributed by atoms with Crippen molar-refractivity contribution in [3.63, 3.8) is 0 Å². The first-order valence-corrected chi connectivity index (χ1v) is 11.1. The number of benzene rings is 1. The lowest BCUT2D eigenvalue weighted by molar-refractivity contribution is -0.310. The number of imidazole rings is 1. The number of aryl methyl sites for hydroxylation is 1. The van der Waals surface area contributed by atoms with Crippen molar-refractivity contribution in [1.29, 1.82) is 0 Å². The summed E-state index contributed by atoms with van der Waals surface area (Å²) in [6.45, 7) is 3.40. The van der Waals surface area contributed by atoms with E-state index in [0.717, 1.165) is 43.6 Å². The van der Waals surface area contributed by atoms with Gasteiger partial charge >= 0.3 is 0 Å². The smallest absolute Gasteiger partial charge is 0.274 e. The van der Waals surface area contributed by atoms with Gasteiger partial charge in [-0.3, -0.25) is 9.20 Å². The molecule has 1 N–H and O–H groups in total. The zero-order valence-electron chi connectivity index (χ0n) is 18.2. The van der Waals surface area contributed by atoms with Gasteiger partial charge in [-0.1, -0.05) is 23.4 Å². The van der Waals surface area contributed by atoms with Crippen LogP contribution in [0.5, 0.6) is 0 Å². The van der Waals surface area contributed by atoms with E-state index in [1.165, 1.54) is 0 Å². The lowest BCUT2D eigenvalue weighted by Crippen LogP contribution is -2.50. The number of hydrogen-bond acceptors (Lipinski definition) is 7. The molecule has 3 aromatic heterocycles. The molecule has 0 bridgehead atoms. The monoisotopic (exact) mass is 445 g/mol. The van der Waals surface area contributed by atoms with Crippen molar-refractivity contribution in [2.24, 2.45) is 0 Å². The van der Waals surface area contributed by atoms with Gasteiger partial charge in [0.25, 0.3) is 5.91 Å². The summed E-state index contributed by atoms with van der Waals surface area (Å²) in [5.74, 6) is 0.489. The maximum Gasteiger partial charge on any atom is 0.274 e. The number of rotatable bonds is 4. The number of hydrogen-bond donors (Lipinski definition) is 1. The molecule has 9 nitrogen and oxygen atoms in total. The van der Waals surface area contributed by atoms with Crippen molar-refractivity contribution in [2.45, 2.75) is 37.9 Å². The summed E-state index contributed by atoms with van der Waals surface area (Å²) < 4.78 is 18.9. The Morgan fingerprint density at radius 2 is 2.03 bits per heavy atom. The largest absolute Gasteiger partial charge is 0.350 e. The average molecular weight is 445 g/mol. The molecule has 1 spiro atoms. The second-order valence-electron chi connectivity index (χ2n) is 8.58. The molecule has 2 aliphatic rings. The number of pyridine rings is 1. The maximum atomic E-state index is 12.9. The van der Waals surface area contributed by atoms with Crippen LogP contribution in [0.15, 0.2) is 53.3 Å². The third-order valence-corrected chi connectivity index (χ3v) is 6.32. The highest BCUT2D eigenvalue weighted by Crippen LogP contribution is 2.48. The molecule has 1 saturated heterocycles. The molecule has 1 aliphatic heterocycles. The standard InChI is InChI=1S/C24H23N5O4/c1-15-6-7-16(11-18(15)26-22(30)19-14-25-20-5-2-3-8-29(19)20)21-27-23(33-28-21)17-12-24(13-17)31-9-4-10-32-24/h2-3,5-8,11,14,17H,4,9-10,12-13H2,1H3,(H,26,30). The highest BCUT2D eigenvalue weighted by Gasteiger charge is 2.50. The number of nitrogens with zero attached hydrogens (tertiary/aromatic N) is 4. The third-order valence-electron chi connectivity index (χ3n) is 6.32. The fourth-order valence-electron chi connectivity index (χ4n) is 4.42. The Kier molecular flexibility index (Phi) is 4.74. The third kappa shape index (κ3) is 3.59. The van der Waals surface area contributed by atoms with Crippen molar-refractivity contribution >= 4 is 17.2 Å². The van der Waals surface area contributed by atoms with Crippen LogP contribution in [-0.4, -0.2) is 44.4 Å². The molecule has 168 valence electrons. The number of nitrogens with one attached hydrogen (secondary N) is 1. The molecule has 1 aromatic carbocycles. The summed E-state index contributed by atoms with van der Waals surface area (Å²) in [4.78, 5) is 21.8. The van der Waals surface area contributed by atoms with E-state index in [-0.39, 0.29) is 11.8 Å². The number of amides is 1. The van der Waals surface area contributed by atoms with Crippen LogP contribution in [0.1, 0.15) is 47.1 Å². The number of fused-ring (bicyclic) bond motifs is 1. The van der Waals surface area contributed by atoms with Crippen molar-refractivity contribution < 1.29 is 18.8 Å². The van der Waals surface area contributed by atoms with Gasteiger partial charge < -0.3 is 19.3 Å². The molecule has 9 heteroatoms.